The Hall–Kier alpha value is -1.56. The lowest BCUT2D eigenvalue weighted by Gasteiger charge is -2.11. The number of nitrogens with zero attached hydrogens (tertiary/aromatic N) is 1. The second-order valence-electron chi connectivity index (χ2n) is 3.41. The minimum absolute atomic E-state index is 0.00255. The predicted molar refractivity (Wildman–Crippen MR) is 65.3 cm³/mol. The van der Waals surface area contributed by atoms with Crippen molar-refractivity contribution in [2.75, 3.05) is 20.4 Å². The summed E-state index contributed by atoms with van der Waals surface area (Å²) in [5, 5.41) is 10.9. The van der Waals surface area contributed by atoms with Gasteiger partial charge in [-0.1, -0.05) is 0 Å². The Morgan fingerprint density at radius 1 is 1.44 bits per heavy atom. The van der Waals surface area contributed by atoms with E-state index in [0.29, 0.717) is 11.3 Å². The van der Waals surface area contributed by atoms with Gasteiger partial charge in [0.05, 0.1) is 37.3 Å². The summed E-state index contributed by atoms with van der Waals surface area (Å²) >= 11 is 5.63. The van der Waals surface area contributed by atoms with Gasteiger partial charge in [0.15, 0.2) is 11.5 Å². The summed E-state index contributed by atoms with van der Waals surface area (Å²) in [7, 11) is 1.42. The lowest BCUT2D eigenvalue weighted by molar-refractivity contribution is -0.385. The molecule has 5 nitrogen and oxygen atoms in total. The van der Waals surface area contributed by atoms with E-state index in [0.717, 1.165) is 0 Å². The molecule has 0 aliphatic rings. The van der Waals surface area contributed by atoms with Gasteiger partial charge in [-0.15, -0.1) is 11.6 Å². The monoisotopic (exact) mass is 277 g/mol. The summed E-state index contributed by atoms with van der Waals surface area (Å²) in [6.45, 7) is -0.381. The number of hydrogen-bond acceptors (Lipinski definition) is 4. The SMILES string of the molecule is COc1cc(CCl)c([N+](=O)[O-])cc1OCCCF. The first-order valence-electron chi connectivity index (χ1n) is 5.24. The van der Waals surface area contributed by atoms with Crippen LogP contribution in [0.25, 0.3) is 0 Å². The third-order valence-corrected chi connectivity index (χ3v) is 2.53. The molecule has 0 fully saturated rings. The molecule has 0 aliphatic heterocycles. The Bertz CT molecular complexity index is 428. The molecule has 100 valence electrons. The number of alkyl halides is 2. The zero-order valence-electron chi connectivity index (χ0n) is 9.82. The van der Waals surface area contributed by atoms with Crippen molar-refractivity contribution in [2.24, 2.45) is 0 Å². The number of benzene rings is 1. The van der Waals surface area contributed by atoms with Gasteiger partial charge < -0.3 is 9.47 Å². The van der Waals surface area contributed by atoms with Crippen molar-refractivity contribution in [3.8, 4) is 11.5 Å². The number of hydrogen-bond donors (Lipinski definition) is 0. The summed E-state index contributed by atoms with van der Waals surface area (Å²) in [6, 6.07) is 2.70. The van der Waals surface area contributed by atoms with Crippen molar-refractivity contribution in [3.63, 3.8) is 0 Å². The van der Waals surface area contributed by atoms with Gasteiger partial charge in [-0.2, -0.15) is 0 Å². The zero-order valence-corrected chi connectivity index (χ0v) is 10.6. The average Bonchev–Trinajstić information content (AvgIpc) is 2.38. The van der Waals surface area contributed by atoms with E-state index in [2.05, 4.69) is 0 Å². The molecular formula is C11H13ClFNO4. The highest BCUT2D eigenvalue weighted by Gasteiger charge is 2.19. The van der Waals surface area contributed by atoms with Crippen LogP contribution in [0.3, 0.4) is 0 Å². The lowest BCUT2D eigenvalue weighted by Crippen LogP contribution is -2.02. The molecular weight excluding hydrogens is 265 g/mol. The maximum Gasteiger partial charge on any atom is 0.277 e. The van der Waals surface area contributed by atoms with Crippen LogP contribution in [-0.4, -0.2) is 25.3 Å². The first-order valence-corrected chi connectivity index (χ1v) is 5.77. The highest BCUT2D eigenvalue weighted by Crippen LogP contribution is 2.35. The minimum Gasteiger partial charge on any atom is -0.493 e. The first kappa shape index (κ1) is 14.5. The van der Waals surface area contributed by atoms with Crippen molar-refractivity contribution < 1.29 is 18.8 Å². The average molecular weight is 278 g/mol. The molecule has 1 aromatic carbocycles. The highest BCUT2D eigenvalue weighted by molar-refractivity contribution is 6.17. The van der Waals surface area contributed by atoms with Gasteiger partial charge in [-0.3, -0.25) is 14.5 Å². The molecule has 0 N–H and O–H groups in total. The number of methoxy groups -OCH3 is 1. The third kappa shape index (κ3) is 3.46. The molecule has 0 saturated heterocycles. The Kier molecular flexibility index (Phi) is 5.64. The van der Waals surface area contributed by atoms with Crippen LogP contribution in [0, 0.1) is 10.1 Å². The summed E-state index contributed by atoms with van der Waals surface area (Å²) in [5.74, 6) is 0.555. The minimum atomic E-state index is -0.542. The van der Waals surface area contributed by atoms with Crippen molar-refractivity contribution in [2.45, 2.75) is 12.3 Å². The van der Waals surface area contributed by atoms with E-state index in [1.807, 2.05) is 0 Å². The number of nitro benzene ring substituents is 1. The van der Waals surface area contributed by atoms with Crippen LogP contribution in [0.5, 0.6) is 11.5 Å². The zero-order chi connectivity index (χ0) is 13.5. The third-order valence-electron chi connectivity index (χ3n) is 2.24. The van der Waals surface area contributed by atoms with E-state index in [9.17, 15) is 14.5 Å². The van der Waals surface area contributed by atoms with E-state index in [1.165, 1.54) is 19.2 Å². The van der Waals surface area contributed by atoms with Crippen molar-refractivity contribution in [3.05, 3.63) is 27.8 Å². The fourth-order valence-electron chi connectivity index (χ4n) is 1.38. The largest absolute Gasteiger partial charge is 0.493 e. The van der Waals surface area contributed by atoms with Crippen LogP contribution in [0.4, 0.5) is 10.1 Å². The maximum absolute atomic E-state index is 12.0. The van der Waals surface area contributed by atoms with Gasteiger partial charge in [-0.05, 0) is 6.07 Å². The first-order chi connectivity index (χ1) is 8.63. The van der Waals surface area contributed by atoms with E-state index >= 15 is 0 Å². The number of halogens is 2. The van der Waals surface area contributed by atoms with Crippen LogP contribution in [0.1, 0.15) is 12.0 Å². The van der Waals surface area contributed by atoms with E-state index in [-0.39, 0.29) is 30.3 Å². The molecule has 0 radical (unpaired) electrons. The van der Waals surface area contributed by atoms with Crippen LogP contribution >= 0.6 is 11.6 Å². The molecule has 0 bridgehead atoms. The van der Waals surface area contributed by atoms with E-state index in [4.69, 9.17) is 21.1 Å². The van der Waals surface area contributed by atoms with Gasteiger partial charge in [0, 0.05) is 12.0 Å². The van der Waals surface area contributed by atoms with Crippen LogP contribution in [0.2, 0.25) is 0 Å². The smallest absolute Gasteiger partial charge is 0.277 e. The summed E-state index contributed by atoms with van der Waals surface area (Å²) in [4.78, 5) is 10.3. The lowest BCUT2D eigenvalue weighted by atomic mass is 10.2. The molecule has 7 heteroatoms. The molecule has 0 unspecified atom stereocenters. The number of ether oxygens (including phenoxy) is 2. The second kappa shape index (κ2) is 7.00. The van der Waals surface area contributed by atoms with Crippen molar-refractivity contribution in [1.82, 2.24) is 0 Å². The second-order valence-corrected chi connectivity index (χ2v) is 3.68. The standard InChI is InChI=1S/C11H13ClFNO4/c1-17-10-5-8(7-12)9(14(15)16)6-11(10)18-4-2-3-13/h5-6H,2-4,7H2,1H3. The molecule has 0 spiro atoms. The molecule has 0 aliphatic carbocycles. The van der Waals surface area contributed by atoms with Crippen LogP contribution in [0.15, 0.2) is 12.1 Å². The van der Waals surface area contributed by atoms with Crippen LogP contribution in [-0.2, 0) is 5.88 Å². The molecule has 0 saturated carbocycles. The summed E-state index contributed by atoms with van der Waals surface area (Å²) in [6.07, 6.45) is 0.216. The molecule has 0 atom stereocenters. The Morgan fingerprint density at radius 2 is 2.17 bits per heavy atom. The Balaban J connectivity index is 3.07. The maximum atomic E-state index is 12.0. The molecule has 1 aromatic rings. The molecule has 0 heterocycles. The summed E-state index contributed by atoms with van der Waals surface area (Å²) < 4.78 is 22.3. The van der Waals surface area contributed by atoms with E-state index < -0.39 is 11.6 Å². The van der Waals surface area contributed by atoms with Crippen molar-refractivity contribution in [1.29, 1.82) is 0 Å². The molecule has 1 rings (SSSR count). The predicted octanol–water partition coefficient (Wildman–Crippen LogP) is 3.08. The Labute approximate surface area is 109 Å². The normalized spacial score (nSPS) is 10.2. The fourth-order valence-corrected chi connectivity index (χ4v) is 1.59. The van der Waals surface area contributed by atoms with Gasteiger partial charge in [0.25, 0.3) is 5.69 Å². The van der Waals surface area contributed by atoms with E-state index in [1.54, 1.807) is 0 Å². The van der Waals surface area contributed by atoms with Crippen LogP contribution < -0.4 is 9.47 Å². The molecule has 0 aromatic heterocycles. The van der Waals surface area contributed by atoms with Gasteiger partial charge in [0.1, 0.15) is 0 Å². The quantitative estimate of drug-likeness (QED) is 0.332. The van der Waals surface area contributed by atoms with Gasteiger partial charge in [0.2, 0.25) is 0 Å². The van der Waals surface area contributed by atoms with Gasteiger partial charge >= 0.3 is 0 Å². The fraction of sp³-hybridized carbons (Fsp3) is 0.455. The number of rotatable bonds is 7. The highest BCUT2D eigenvalue weighted by atomic mass is 35.5. The molecule has 0 amide bonds. The summed E-state index contributed by atoms with van der Waals surface area (Å²) in [5.41, 5.74) is 0.206. The van der Waals surface area contributed by atoms with Crippen molar-refractivity contribution >= 4 is 17.3 Å². The molecule has 18 heavy (non-hydrogen) atoms. The number of nitro groups is 1. The Morgan fingerprint density at radius 3 is 2.67 bits per heavy atom. The topological polar surface area (TPSA) is 61.6 Å². The van der Waals surface area contributed by atoms with Gasteiger partial charge in [-0.25, -0.2) is 0 Å².